The highest BCUT2D eigenvalue weighted by Crippen LogP contribution is 2.17. The smallest absolute Gasteiger partial charge is 0.270 e. The van der Waals surface area contributed by atoms with Gasteiger partial charge < -0.3 is 15.6 Å². The van der Waals surface area contributed by atoms with E-state index in [1.54, 1.807) is 6.07 Å². The third-order valence-electron chi connectivity index (χ3n) is 5.14. The molecule has 30 heavy (non-hydrogen) atoms. The van der Waals surface area contributed by atoms with Crippen molar-refractivity contribution >= 4 is 22.8 Å². The van der Waals surface area contributed by atoms with E-state index in [2.05, 4.69) is 50.7 Å². The number of anilines is 1. The lowest BCUT2D eigenvalue weighted by atomic mass is 10.1. The predicted octanol–water partition coefficient (Wildman–Crippen LogP) is 4.16. The Kier molecular flexibility index (Phi) is 5.75. The molecule has 0 bridgehead atoms. The number of hydrogen-bond donors (Lipinski definition) is 3. The molecule has 0 aliphatic carbocycles. The van der Waals surface area contributed by atoms with Crippen LogP contribution < -0.4 is 10.6 Å². The minimum Gasteiger partial charge on any atom is -0.361 e. The number of carbonyl (C=O) groups excluding carboxylic acids is 1. The Labute approximate surface area is 175 Å². The SMILES string of the molecule is Cc1cc(C(=O)NCCc2c[nH]c3ccccc23)nc(NCc2ccccc2C)n1. The summed E-state index contributed by atoms with van der Waals surface area (Å²) in [6.07, 6.45) is 2.75. The minimum atomic E-state index is -0.195. The van der Waals surface area contributed by atoms with Crippen molar-refractivity contribution in [2.75, 3.05) is 11.9 Å². The van der Waals surface area contributed by atoms with Gasteiger partial charge in [-0.3, -0.25) is 4.79 Å². The second-order valence-electron chi connectivity index (χ2n) is 7.36. The van der Waals surface area contributed by atoms with Crippen LogP contribution in [-0.4, -0.2) is 27.4 Å². The van der Waals surface area contributed by atoms with Crippen LogP contribution in [0.3, 0.4) is 0 Å². The van der Waals surface area contributed by atoms with Gasteiger partial charge in [-0.25, -0.2) is 9.97 Å². The second-order valence-corrected chi connectivity index (χ2v) is 7.36. The number of benzene rings is 2. The molecule has 0 atom stereocenters. The van der Waals surface area contributed by atoms with Gasteiger partial charge in [0.15, 0.2) is 0 Å². The van der Waals surface area contributed by atoms with E-state index < -0.39 is 0 Å². The molecule has 3 N–H and O–H groups in total. The van der Waals surface area contributed by atoms with Crippen LogP contribution in [0.2, 0.25) is 0 Å². The molecule has 0 saturated heterocycles. The molecule has 4 aromatic rings. The van der Waals surface area contributed by atoms with Gasteiger partial charge in [0.2, 0.25) is 5.95 Å². The first-order valence-electron chi connectivity index (χ1n) is 10.1. The fourth-order valence-corrected chi connectivity index (χ4v) is 3.49. The number of aromatic amines is 1. The summed E-state index contributed by atoms with van der Waals surface area (Å²) in [6.45, 7) is 5.08. The Morgan fingerprint density at radius 1 is 1.00 bits per heavy atom. The second kappa shape index (κ2) is 8.78. The van der Waals surface area contributed by atoms with E-state index in [0.29, 0.717) is 24.7 Å². The molecule has 6 heteroatoms. The van der Waals surface area contributed by atoms with Crippen LogP contribution in [0.4, 0.5) is 5.95 Å². The molecule has 0 spiro atoms. The van der Waals surface area contributed by atoms with Crippen LogP contribution in [0.1, 0.15) is 32.9 Å². The molecule has 0 radical (unpaired) electrons. The quantitative estimate of drug-likeness (QED) is 0.436. The summed E-state index contributed by atoms with van der Waals surface area (Å²) < 4.78 is 0. The molecule has 0 aliphatic heterocycles. The number of para-hydroxylation sites is 1. The predicted molar refractivity (Wildman–Crippen MR) is 120 cm³/mol. The number of aromatic nitrogens is 3. The highest BCUT2D eigenvalue weighted by Gasteiger charge is 2.11. The summed E-state index contributed by atoms with van der Waals surface area (Å²) in [5.41, 5.74) is 5.79. The average Bonchev–Trinajstić information content (AvgIpc) is 3.16. The molecular weight excluding hydrogens is 374 g/mol. The Balaban J connectivity index is 1.38. The third kappa shape index (κ3) is 4.49. The van der Waals surface area contributed by atoms with Crippen molar-refractivity contribution in [1.29, 1.82) is 0 Å². The molecule has 0 unspecified atom stereocenters. The van der Waals surface area contributed by atoms with Crippen molar-refractivity contribution in [1.82, 2.24) is 20.3 Å². The fraction of sp³-hybridized carbons (Fsp3) is 0.208. The van der Waals surface area contributed by atoms with Gasteiger partial charge in [-0.2, -0.15) is 0 Å². The monoisotopic (exact) mass is 399 g/mol. The maximum absolute atomic E-state index is 12.6. The van der Waals surface area contributed by atoms with Crippen LogP contribution in [0.25, 0.3) is 10.9 Å². The zero-order chi connectivity index (χ0) is 20.9. The molecule has 2 aromatic carbocycles. The number of fused-ring (bicyclic) bond motifs is 1. The fourth-order valence-electron chi connectivity index (χ4n) is 3.49. The molecule has 0 saturated carbocycles. The number of hydrogen-bond acceptors (Lipinski definition) is 4. The summed E-state index contributed by atoms with van der Waals surface area (Å²) in [5.74, 6) is 0.263. The van der Waals surface area contributed by atoms with Crippen LogP contribution in [-0.2, 0) is 13.0 Å². The van der Waals surface area contributed by atoms with E-state index >= 15 is 0 Å². The highest BCUT2D eigenvalue weighted by atomic mass is 16.1. The zero-order valence-electron chi connectivity index (χ0n) is 17.2. The normalized spacial score (nSPS) is 10.9. The number of nitrogens with one attached hydrogen (secondary N) is 3. The summed E-state index contributed by atoms with van der Waals surface area (Å²) in [4.78, 5) is 24.7. The topological polar surface area (TPSA) is 82.7 Å². The molecule has 0 aliphatic rings. The van der Waals surface area contributed by atoms with Crippen molar-refractivity contribution in [3.05, 3.63) is 88.9 Å². The number of amides is 1. The number of aryl methyl sites for hydroxylation is 2. The van der Waals surface area contributed by atoms with E-state index in [-0.39, 0.29) is 5.91 Å². The van der Waals surface area contributed by atoms with Crippen molar-refractivity contribution in [3.8, 4) is 0 Å². The Morgan fingerprint density at radius 3 is 2.67 bits per heavy atom. The Morgan fingerprint density at radius 2 is 1.80 bits per heavy atom. The molecule has 2 aromatic heterocycles. The van der Waals surface area contributed by atoms with Gasteiger partial charge in [0, 0.05) is 35.9 Å². The Hall–Kier alpha value is -3.67. The Bertz CT molecular complexity index is 1180. The summed E-state index contributed by atoms with van der Waals surface area (Å²) in [5, 5.41) is 7.39. The van der Waals surface area contributed by atoms with E-state index in [1.807, 2.05) is 43.5 Å². The molecule has 4 rings (SSSR count). The van der Waals surface area contributed by atoms with Crippen molar-refractivity contribution in [2.24, 2.45) is 0 Å². The van der Waals surface area contributed by atoms with Gasteiger partial charge in [-0.05, 0) is 49.1 Å². The largest absolute Gasteiger partial charge is 0.361 e. The van der Waals surface area contributed by atoms with Gasteiger partial charge in [-0.1, -0.05) is 42.5 Å². The van der Waals surface area contributed by atoms with E-state index in [4.69, 9.17) is 0 Å². The first-order valence-corrected chi connectivity index (χ1v) is 10.1. The summed E-state index contributed by atoms with van der Waals surface area (Å²) in [7, 11) is 0. The molecule has 1 amide bonds. The third-order valence-corrected chi connectivity index (χ3v) is 5.14. The van der Waals surface area contributed by atoms with Gasteiger partial charge in [0.05, 0.1) is 0 Å². The van der Waals surface area contributed by atoms with Crippen molar-refractivity contribution in [2.45, 2.75) is 26.8 Å². The highest BCUT2D eigenvalue weighted by molar-refractivity contribution is 5.92. The zero-order valence-corrected chi connectivity index (χ0v) is 17.2. The van der Waals surface area contributed by atoms with Crippen LogP contribution in [0, 0.1) is 13.8 Å². The standard InChI is InChI=1S/C24H25N5O/c1-16-7-3-4-8-18(16)14-27-24-28-17(2)13-22(29-24)23(30)25-12-11-19-15-26-21-10-6-5-9-20(19)21/h3-10,13,15,26H,11-12,14H2,1-2H3,(H,25,30)(H,27,28,29). The van der Waals surface area contributed by atoms with Crippen molar-refractivity contribution in [3.63, 3.8) is 0 Å². The maximum atomic E-state index is 12.6. The molecule has 0 fully saturated rings. The first-order chi connectivity index (χ1) is 14.6. The van der Waals surface area contributed by atoms with E-state index in [0.717, 1.165) is 17.6 Å². The lowest BCUT2D eigenvalue weighted by molar-refractivity contribution is 0.0949. The first kappa shape index (κ1) is 19.6. The van der Waals surface area contributed by atoms with Gasteiger partial charge in [-0.15, -0.1) is 0 Å². The van der Waals surface area contributed by atoms with Crippen LogP contribution in [0.15, 0.2) is 60.8 Å². The van der Waals surface area contributed by atoms with E-state index in [9.17, 15) is 4.79 Å². The minimum absolute atomic E-state index is 0.195. The molecular formula is C24H25N5O. The van der Waals surface area contributed by atoms with Gasteiger partial charge in [0.1, 0.15) is 5.69 Å². The van der Waals surface area contributed by atoms with Crippen LogP contribution in [0.5, 0.6) is 0 Å². The molecule has 6 nitrogen and oxygen atoms in total. The average molecular weight is 399 g/mol. The number of carbonyl (C=O) groups is 1. The molecule has 152 valence electrons. The lowest BCUT2D eigenvalue weighted by Crippen LogP contribution is -2.27. The summed E-state index contributed by atoms with van der Waals surface area (Å²) in [6, 6.07) is 18.0. The maximum Gasteiger partial charge on any atom is 0.270 e. The number of H-pyrrole nitrogens is 1. The molecule has 2 heterocycles. The van der Waals surface area contributed by atoms with Gasteiger partial charge in [0.25, 0.3) is 5.91 Å². The number of nitrogens with zero attached hydrogens (tertiary/aromatic N) is 2. The van der Waals surface area contributed by atoms with Crippen LogP contribution >= 0.6 is 0 Å². The van der Waals surface area contributed by atoms with E-state index in [1.165, 1.54) is 22.1 Å². The lowest BCUT2D eigenvalue weighted by Gasteiger charge is -2.10. The van der Waals surface area contributed by atoms with Gasteiger partial charge >= 0.3 is 0 Å². The number of rotatable bonds is 7. The van der Waals surface area contributed by atoms with Crippen molar-refractivity contribution < 1.29 is 4.79 Å². The summed E-state index contributed by atoms with van der Waals surface area (Å²) >= 11 is 0.